The van der Waals surface area contributed by atoms with Gasteiger partial charge < -0.3 is 33.5 Å². The molecule has 0 bridgehead atoms. The van der Waals surface area contributed by atoms with Gasteiger partial charge in [-0.15, -0.1) is 20.4 Å². The van der Waals surface area contributed by atoms with E-state index in [1.165, 1.54) is 35.6 Å². The Bertz CT molecular complexity index is 2430. The van der Waals surface area contributed by atoms with Crippen molar-refractivity contribution in [3.05, 3.63) is 119 Å². The van der Waals surface area contributed by atoms with Crippen molar-refractivity contribution in [3.63, 3.8) is 0 Å². The van der Waals surface area contributed by atoms with E-state index in [1.54, 1.807) is 19.1 Å². The highest BCUT2D eigenvalue weighted by Crippen LogP contribution is 2.39. The van der Waals surface area contributed by atoms with Crippen molar-refractivity contribution in [2.75, 3.05) is 42.6 Å². The number of carbonyl (C=O) groups excluding carboxylic acids is 1. The molecule has 19 heteroatoms. The molecule has 2 aliphatic heterocycles. The summed E-state index contributed by atoms with van der Waals surface area (Å²) in [6.07, 6.45) is -6.80. The zero-order valence-electron chi connectivity index (χ0n) is 34.5. The predicted octanol–water partition coefficient (Wildman–Crippen LogP) is 10.3. The van der Waals surface area contributed by atoms with E-state index in [0.29, 0.717) is 69.4 Å². The Morgan fingerprint density at radius 3 is 1.62 bits per heavy atom. The van der Waals surface area contributed by atoms with Crippen LogP contribution in [0.3, 0.4) is 0 Å². The molecule has 0 radical (unpaired) electrons. The van der Waals surface area contributed by atoms with E-state index in [-0.39, 0.29) is 56.0 Å². The van der Waals surface area contributed by atoms with E-state index in [9.17, 15) is 31.1 Å². The Balaban J connectivity index is 0.000000214. The lowest BCUT2D eigenvalue weighted by atomic mass is 10.1. The Labute approximate surface area is 375 Å². The van der Waals surface area contributed by atoms with Gasteiger partial charge in [0.05, 0.1) is 24.2 Å². The largest absolute Gasteiger partial charge is 0.490 e. The van der Waals surface area contributed by atoms with Crippen LogP contribution in [0.5, 0.6) is 11.5 Å². The zero-order chi connectivity index (χ0) is 45.3. The highest BCUT2D eigenvalue weighted by molar-refractivity contribution is 7.14. The quantitative estimate of drug-likeness (QED) is 0.0924. The predicted molar refractivity (Wildman–Crippen MR) is 233 cm³/mol. The van der Waals surface area contributed by atoms with Crippen LogP contribution in [0.1, 0.15) is 62.1 Å². The van der Waals surface area contributed by atoms with Crippen LogP contribution >= 0.6 is 11.3 Å². The van der Waals surface area contributed by atoms with Crippen LogP contribution in [-0.2, 0) is 34.9 Å². The number of aliphatic hydroxyl groups is 1. The summed E-state index contributed by atoms with van der Waals surface area (Å²) in [5.74, 6) is -0.0640. The van der Waals surface area contributed by atoms with Gasteiger partial charge in [0, 0.05) is 74.4 Å². The minimum Gasteiger partial charge on any atom is -0.490 e. The molecule has 6 aromatic rings. The molecule has 0 amide bonds. The highest BCUT2D eigenvalue weighted by Gasteiger charge is 2.36. The number of benzene rings is 4. The number of hydrogen-bond acceptors (Lipinski definition) is 13. The van der Waals surface area contributed by atoms with Gasteiger partial charge in [0.2, 0.25) is 11.8 Å². The molecule has 8 rings (SSSR count). The van der Waals surface area contributed by atoms with Crippen LogP contribution in [0.25, 0.3) is 22.0 Å². The third-order valence-electron chi connectivity index (χ3n) is 10.5. The monoisotopic (exact) mass is 926 g/mol. The average molecular weight is 927 g/mol. The number of aromatic nitrogens is 4. The third kappa shape index (κ3) is 12.7. The molecule has 346 valence electrons. The minimum atomic E-state index is -4.44. The van der Waals surface area contributed by atoms with Crippen molar-refractivity contribution in [1.29, 1.82) is 0 Å². The van der Waals surface area contributed by atoms with Crippen molar-refractivity contribution in [2.45, 2.75) is 77.6 Å². The number of carbonyl (C=O) groups is 1. The number of nitrogens with zero attached hydrogens (tertiary/aromatic N) is 6. The molecule has 4 heterocycles. The first kappa shape index (κ1) is 48.3. The van der Waals surface area contributed by atoms with Gasteiger partial charge in [-0.05, 0) is 79.7 Å². The van der Waals surface area contributed by atoms with E-state index in [4.69, 9.17) is 23.7 Å². The maximum absolute atomic E-state index is 13.2. The van der Waals surface area contributed by atoms with E-state index in [1.807, 2.05) is 48.5 Å². The van der Waals surface area contributed by atoms with Gasteiger partial charge >= 0.3 is 18.3 Å². The molecule has 65 heavy (non-hydrogen) atoms. The fourth-order valence-electron chi connectivity index (χ4n) is 7.27. The number of alkyl halides is 6. The lowest BCUT2D eigenvalue weighted by molar-refractivity contribution is -0.142. The smallest absolute Gasteiger partial charge is 0.419 e. The second-order valence-electron chi connectivity index (χ2n) is 14.8. The standard InChI is InChI=1S/C24H24F3N3O3S.C21H20F3N3O3.CH4/c1-2-32-22(31)15-21-28-29-23(34-21)16-7-9-17(10-8-16)30-13-11-18(12-14-30)33-20-6-4-3-5-19(20)24(25,26)27;22-21(23,24)17-3-1-2-4-18(17)29-16-9-11-27(12-10-16)15-7-5-14(6-8-15)20-26-25-19(13-28)30-20;/h3-10,18H,2,11-15H2,1H3;1-8,16,28H,9-13H2;1H4. The average Bonchev–Trinajstić information content (AvgIpc) is 3.98. The maximum atomic E-state index is 13.2. The number of hydrogen-bond donors (Lipinski definition) is 1. The number of anilines is 2. The molecule has 2 saturated heterocycles. The molecule has 2 aliphatic rings. The highest BCUT2D eigenvalue weighted by atomic mass is 32.1. The van der Waals surface area contributed by atoms with Crippen molar-refractivity contribution in [2.24, 2.45) is 0 Å². The van der Waals surface area contributed by atoms with Crippen LogP contribution in [-0.4, -0.2) is 76.5 Å². The molecule has 0 aliphatic carbocycles. The fraction of sp³-hybridized carbons (Fsp3) is 0.370. The summed E-state index contributed by atoms with van der Waals surface area (Å²) in [6, 6.07) is 26.1. The first-order valence-corrected chi connectivity index (χ1v) is 21.4. The number of rotatable bonds is 12. The minimum absolute atomic E-state index is 0. The zero-order valence-corrected chi connectivity index (χ0v) is 35.3. The second kappa shape index (κ2) is 21.6. The molecule has 4 aromatic carbocycles. The Hall–Kier alpha value is -6.21. The molecule has 2 fully saturated rings. The summed E-state index contributed by atoms with van der Waals surface area (Å²) in [5, 5.41) is 26.2. The molecule has 1 N–H and O–H groups in total. The van der Waals surface area contributed by atoms with Crippen LogP contribution in [0.2, 0.25) is 0 Å². The van der Waals surface area contributed by atoms with E-state index in [0.717, 1.165) is 39.6 Å². The van der Waals surface area contributed by atoms with Crippen LogP contribution in [0, 0.1) is 0 Å². The van der Waals surface area contributed by atoms with Gasteiger partial charge in [0.1, 0.15) is 40.3 Å². The second-order valence-corrected chi connectivity index (χ2v) is 15.9. The number of aliphatic hydroxyl groups excluding tert-OH is 1. The summed E-state index contributed by atoms with van der Waals surface area (Å²) in [5.41, 5.74) is 2.18. The van der Waals surface area contributed by atoms with Gasteiger partial charge in [0.25, 0.3) is 0 Å². The topological polar surface area (TPSA) is 136 Å². The summed E-state index contributed by atoms with van der Waals surface area (Å²) in [7, 11) is 0. The normalized spacial score (nSPS) is 14.8. The molecule has 0 unspecified atom stereocenters. The van der Waals surface area contributed by atoms with Crippen LogP contribution in [0.15, 0.2) is 101 Å². The number of ether oxygens (including phenoxy) is 3. The first-order valence-electron chi connectivity index (χ1n) is 20.5. The summed E-state index contributed by atoms with van der Waals surface area (Å²) in [4.78, 5) is 16.0. The van der Waals surface area contributed by atoms with Gasteiger partial charge in [-0.3, -0.25) is 4.79 Å². The van der Waals surface area contributed by atoms with E-state index in [2.05, 4.69) is 30.2 Å². The molecular weight excluding hydrogens is 879 g/mol. The third-order valence-corrected chi connectivity index (χ3v) is 11.5. The number of halogens is 6. The molecule has 0 spiro atoms. The Kier molecular flexibility index (Phi) is 16.1. The lowest BCUT2D eigenvalue weighted by Gasteiger charge is -2.34. The van der Waals surface area contributed by atoms with E-state index >= 15 is 0 Å². The molecule has 2 aromatic heterocycles. The first-order chi connectivity index (χ1) is 30.8. The molecule has 12 nitrogen and oxygen atoms in total. The van der Waals surface area contributed by atoms with Gasteiger partial charge in [-0.1, -0.05) is 43.0 Å². The summed E-state index contributed by atoms with van der Waals surface area (Å²) >= 11 is 1.35. The van der Waals surface area contributed by atoms with Crippen LogP contribution in [0.4, 0.5) is 37.7 Å². The van der Waals surface area contributed by atoms with Crippen LogP contribution < -0.4 is 19.3 Å². The van der Waals surface area contributed by atoms with Crippen molar-refractivity contribution < 1.29 is 54.9 Å². The Morgan fingerprint density at radius 1 is 0.692 bits per heavy atom. The van der Waals surface area contributed by atoms with Crippen molar-refractivity contribution in [1.82, 2.24) is 20.4 Å². The van der Waals surface area contributed by atoms with Gasteiger partial charge in [-0.2, -0.15) is 26.3 Å². The summed E-state index contributed by atoms with van der Waals surface area (Å²) in [6.45, 7) is 4.49. The molecule has 0 atom stereocenters. The van der Waals surface area contributed by atoms with Gasteiger partial charge in [0.15, 0.2) is 0 Å². The fourth-order valence-corrected chi connectivity index (χ4v) is 8.10. The van der Waals surface area contributed by atoms with Crippen molar-refractivity contribution >= 4 is 28.7 Å². The number of esters is 1. The van der Waals surface area contributed by atoms with Crippen molar-refractivity contribution in [3.8, 4) is 33.5 Å². The van der Waals surface area contributed by atoms with E-state index < -0.39 is 23.5 Å². The summed E-state index contributed by atoms with van der Waals surface area (Å²) < 4.78 is 101. The SMILES string of the molecule is C.CCOC(=O)Cc1nnc(-c2ccc(N3CCC(Oc4ccccc4C(F)(F)F)CC3)cc2)s1.OCc1nnc(-c2ccc(N3CCC(Oc4ccccc4C(F)(F)F)CC3)cc2)o1. The molecular formula is C46H48F6N6O6S. The Morgan fingerprint density at radius 2 is 1.17 bits per heavy atom. The van der Waals surface area contributed by atoms with Gasteiger partial charge in [-0.25, -0.2) is 0 Å². The number of piperidine rings is 2. The maximum Gasteiger partial charge on any atom is 0.419 e. The number of para-hydroxylation sites is 2. The molecule has 0 saturated carbocycles. The lowest BCUT2D eigenvalue weighted by Crippen LogP contribution is -2.38.